The fraction of sp³-hybridized carbons (Fsp3) is 0.650. The molecular formula is C20H32N4O2. The molecule has 0 aromatic carbocycles. The number of nitrogens with one attached hydrogen (secondary N) is 3. The summed E-state index contributed by atoms with van der Waals surface area (Å²) in [5, 5.41) is 9.32. The second-order valence-corrected chi connectivity index (χ2v) is 8.05. The van der Waals surface area contributed by atoms with Gasteiger partial charge in [-0.3, -0.25) is 14.6 Å². The molecule has 0 aliphatic heterocycles. The lowest BCUT2D eigenvalue weighted by Gasteiger charge is -2.32. The monoisotopic (exact) mass is 360 g/mol. The van der Waals surface area contributed by atoms with E-state index < -0.39 is 0 Å². The number of amides is 2. The standard InChI is InChI=1S/C20H32N4O2/c1-20(2,3)24-19(26)17-10-5-4-9-16(17)18(25)23-13-7-12-22-15-8-6-11-21-14-15/h6,8,11,14,16-17,22H,4-5,7,9-10,12-13H2,1-3H3,(H,23,25)(H,24,26)/t16-,17+/m0/s1. The van der Waals surface area contributed by atoms with Crippen LogP contribution in [0.1, 0.15) is 52.9 Å². The third-order valence-corrected chi connectivity index (χ3v) is 4.58. The molecule has 1 aromatic rings. The van der Waals surface area contributed by atoms with Gasteiger partial charge in [-0.25, -0.2) is 0 Å². The maximum absolute atomic E-state index is 12.6. The maximum atomic E-state index is 12.6. The second kappa shape index (κ2) is 9.55. The number of rotatable bonds is 7. The summed E-state index contributed by atoms with van der Waals surface area (Å²) in [6.07, 6.45) is 7.96. The van der Waals surface area contributed by atoms with Crippen LogP contribution in [-0.4, -0.2) is 35.4 Å². The first-order chi connectivity index (χ1) is 12.4. The van der Waals surface area contributed by atoms with E-state index in [4.69, 9.17) is 0 Å². The van der Waals surface area contributed by atoms with E-state index in [9.17, 15) is 9.59 Å². The predicted molar refractivity (Wildman–Crippen MR) is 104 cm³/mol. The van der Waals surface area contributed by atoms with E-state index in [0.29, 0.717) is 6.54 Å². The van der Waals surface area contributed by atoms with Gasteiger partial charge in [0.1, 0.15) is 0 Å². The van der Waals surface area contributed by atoms with Crippen LogP contribution >= 0.6 is 0 Å². The number of hydrogen-bond donors (Lipinski definition) is 3. The summed E-state index contributed by atoms with van der Waals surface area (Å²) in [5.41, 5.74) is 0.707. The summed E-state index contributed by atoms with van der Waals surface area (Å²) in [4.78, 5) is 29.2. The highest BCUT2D eigenvalue weighted by molar-refractivity contribution is 5.88. The van der Waals surface area contributed by atoms with Gasteiger partial charge in [0, 0.05) is 42.9 Å². The van der Waals surface area contributed by atoms with Crippen molar-refractivity contribution >= 4 is 17.5 Å². The van der Waals surface area contributed by atoms with Crippen LogP contribution in [0.2, 0.25) is 0 Å². The van der Waals surface area contributed by atoms with E-state index in [1.807, 2.05) is 32.9 Å². The van der Waals surface area contributed by atoms with Gasteiger partial charge >= 0.3 is 0 Å². The molecule has 1 aromatic heterocycles. The van der Waals surface area contributed by atoms with Crippen molar-refractivity contribution in [3.8, 4) is 0 Å². The first-order valence-electron chi connectivity index (χ1n) is 9.60. The highest BCUT2D eigenvalue weighted by Crippen LogP contribution is 2.31. The molecule has 1 aliphatic rings. The molecule has 6 nitrogen and oxygen atoms in total. The largest absolute Gasteiger partial charge is 0.384 e. The molecule has 0 radical (unpaired) electrons. The van der Waals surface area contributed by atoms with E-state index in [1.54, 1.807) is 12.4 Å². The van der Waals surface area contributed by atoms with Crippen LogP contribution in [0.4, 0.5) is 5.69 Å². The number of pyridine rings is 1. The summed E-state index contributed by atoms with van der Waals surface area (Å²) >= 11 is 0. The molecule has 0 spiro atoms. The van der Waals surface area contributed by atoms with E-state index in [2.05, 4.69) is 20.9 Å². The summed E-state index contributed by atoms with van der Waals surface area (Å²) in [6, 6.07) is 3.85. The molecule has 26 heavy (non-hydrogen) atoms. The smallest absolute Gasteiger partial charge is 0.224 e. The minimum Gasteiger partial charge on any atom is -0.384 e. The number of aromatic nitrogens is 1. The number of nitrogens with zero attached hydrogens (tertiary/aromatic N) is 1. The van der Waals surface area contributed by atoms with E-state index in [1.165, 1.54) is 0 Å². The van der Waals surface area contributed by atoms with Gasteiger partial charge in [0.2, 0.25) is 11.8 Å². The number of anilines is 1. The lowest BCUT2D eigenvalue weighted by Crippen LogP contribution is -2.49. The number of carbonyl (C=O) groups excluding carboxylic acids is 2. The third-order valence-electron chi connectivity index (χ3n) is 4.58. The first-order valence-corrected chi connectivity index (χ1v) is 9.60. The molecule has 1 aliphatic carbocycles. The Kier molecular flexibility index (Phi) is 7.42. The van der Waals surface area contributed by atoms with Gasteiger partial charge in [-0.1, -0.05) is 12.8 Å². The Morgan fingerprint density at radius 3 is 2.42 bits per heavy atom. The third kappa shape index (κ3) is 6.65. The molecule has 0 saturated heterocycles. The zero-order valence-electron chi connectivity index (χ0n) is 16.2. The van der Waals surface area contributed by atoms with E-state index in [0.717, 1.165) is 44.3 Å². The Balaban J connectivity index is 1.76. The average Bonchev–Trinajstić information content (AvgIpc) is 2.60. The van der Waals surface area contributed by atoms with Crippen LogP contribution in [0.25, 0.3) is 0 Å². The molecule has 1 saturated carbocycles. The Bertz CT molecular complexity index is 583. The summed E-state index contributed by atoms with van der Waals surface area (Å²) in [6.45, 7) is 7.29. The zero-order valence-corrected chi connectivity index (χ0v) is 16.2. The van der Waals surface area contributed by atoms with Gasteiger partial charge in [0.15, 0.2) is 0 Å². The van der Waals surface area contributed by atoms with Crippen molar-refractivity contribution < 1.29 is 9.59 Å². The summed E-state index contributed by atoms with van der Waals surface area (Å²) in [5.74, 6) is -0.399. The van der Waals surface area contributed by atoms with Crippen LogP contribution in [-0.2, 0) is 9.59 Å². The van der Waals surface area contributed by atoms with Crippen LogP contribution in [0.15, 0.2) is 24.5 Å². The molecule has 6 heteroatoms. The van der Waals surface area contributed by atoms with E-state index in [-0.39, 0.29) is 29.2 Å². The zero-order chi connectivity index (χ0) is 19.0. The van der Waals surface area contributed by atoms with E-state index >= 15 is 0 Å². The Hall–Kier alpha value is -2.11. The molecule has 1 fully saturated rings. The van der Waals surface area contributed by atoms with Gasteiger partial charge < -0.3 is 16.0 Å². The maximum Gasteiger partial charge on any atom is 0.224 e. The van der Waals surface area contributed by atoms with Crippen molar-refractivity contribution in [2.75, 3.05) is 18.4 Å². The van der Waals surface area contributed by atoms with Crippen molar-refractivity contribution in [2.45, 2.75) is 58.4 Å². The second-order valence-electron chi connectivity index (χ2n) is 8.05. The quantitative estimate of drug-likeness (QED) is 0.653. The highest BCUT2D eigenvalue weighted by Gasteiger charge is 2.36. The van der Waals surface area contributed by atoms with Gasteiger partial charge in [0.05, 0.1) is 5.69 Å². The Labute approximate surface area is 156 Å². The lowest BCUT2D eigenvalue weighted by molar-refractivity contribution is -0.137. The van der Waals surface area contributed by atoms with Gasteiger partial charge in [0.25, 0.3) is 0 Å². The van der Waals surface area contributed by atoms with Crippen molar-refractivity contribution in [3.63, 3.8) is 0 Å². The Morgan fingerprint density at radius 1 is 1.12 bits per heavy atom. The lowest BCUT2D eigenvalue weighted by atomic mass is 9.77. The normalized spacial score (nSPS) is 20.3. The van der Waals surface area contributed by atoms with Crippen molar-refractivity contribution in [1.82, 2.24) is 15.6 Å². The molecule has 2 rings (SSSR count). The van der Waals surface area contributed by atoms with Crippen molar-refractivity contribution in [1.29, 1.82) is 0 Å². The van der Waals surface area contributed by atoms with Gasteiger partial charge in [-0.15, -0.1) is 0 Å². The molecule has 0 bridgehead atoms. The fourth-order valence-electron chi connectivity index (χ4n) is 3.35. The molecule has 144 valence electrons. The van der Waals surface area contributed by atoms with Crippen LogP contribution in [0.5, 0.6) is 0 Å². The average molecular weight is 361 g/mol. The molecule has 2 atom stereocenters. The fourth-order valence-corrected chi connectivity index (χ4v) is 3.35. The molecule has 2 amide bonds. The van der Waals surface area contributed by atoms with Crippen molar-refractivity contribution in [3.05, 3.63) is 24.5 Å². The molecular weight excluding hydrogens is 328 g/mol. The minimum atomic E-state index is -0.270. The Morgan fingerprint density at radius 2 is 1.81 bits per heavy atom. The van der Waals surface area contributed by atoms with Gasteiger partial charge in [-0.2, -0.15) is 0 Å². The van der Waals surface area contributed by atoms with Crippen LogP contribution in [0, 0.1) is 11.8 Å². The predicted octanol–water partition coefficient (Wildman–Crippen LogP) is 2.72. The SMILES string of the molecule is CC(C)(C)NC(=O)[C@@H]1CCCC[C@@H]1C(=O)NCCCNc1cccnc1. The number of hydrogen-bond acceptors (Lipinski definition) is 4. The molecule has 3 N–H and O–H groups in total. The van der Waals surface area contributed by atoms with Crippen LogP contribution < -0.4 is 16.0 Å². The summed E-state index contributed by atoms with van der Waals surface area (Å²) in [7, 11) is 0. The number of carbonyl (C=O) groups is 2. The molecule has 1 heterocycles. The first kappa shape index (κ1) is 20.2. The van der Waals surface area contributed by atoms with Crippen molar-refractivity contribution in [2.24, 2.45) is 11.8 Å². The summed E-state index contributed by atoms with van der Waals surface area (Å²) < 4.78 is 0. The topological polar surface area (TPSA) is 83.1 Å². The minimum absolute atomic E-state index is 0.00981. The van der Waals surface area contributed by atoms with Crippen LogP contribution in [0.3, 0.4) is 0 Å². The van der Waals surface area contributed by atoms with Gasteiger partial charge in [-0.05, 0) is 52.2 Å². The highest BCUT2D eigenvalue weighted by atomic mass is 16.2. The molecule has 0 unspecified atom stereocenters.